The van der Waals surface area contributed by atoms with Crippen LogP contribution in [-0.2, 0) is 12.8 Å². The van der Waals surface area contributed by atoms with Gasteiger partial charge in [-0.2, -0.15) is 18.3 Å². The fourth-order valence-electron chi connectivity index (χ4n) is 4.07. The summed E-state index contributed by atoms with van der Waals surface area (Å²) in [6.07, 6.45) is -2.07. The van der Waals surface area contributed by atoms with Crippen molar-refractivity contribution in [3.63, 3.8) is 0 Å². The molecule has 0 spiro atoms. The van der Waals surface area contributed by atoms with Crippen LogP contribution >= 0.6 is 11.6 Å². The molecule has 1 fully saturated rings. The number of rotatable bonds is 4. The van der Waals surface area contributed by atoms with Gasteiger partial charge in [-0.15, -0.1) is 0 Å². The first-order valence-electron chi connectivity index (χ1n) is 9.16. The number of hydrogen-bond acceptors (Lipinski definition) is 3. The van der Waals surface area contributed by atoms with Gasteiger partial charge in [0.25, 0.3) is 0 Å². The van der Waals surface area contributed by atoms with Gasteiger partial charge in [-0.05, 0) is 31.9 Å². The van der Waals surface area contributed by atoms with Crippen molar-refractivity contribution >= 4 is 11.6 Å². The highest BCUT2D eigenvalue weighted by molar-refractivity contribution is 6.33. The Bertz CT molecular complexity index is 1080. The fraction of sp³-hybridized carbons (Fsp3) is 0.350. The Hall–Kier alpha value is -2.36. The second-order valence-corrected chi connectivity index (χ2v) is 8.13. The molecule has 1 aliphatic carbocycles. The highest BCUT2D eigenvalue weighted by atomic mass is 35.5. The van der Waals surface area contributed by atoms with E-state index in [0.717, 1.165) is 10.9 Å². The second-order valence-electron chi connectivity index (χ2n) is 7.72. The first kappa shape index (κ1) is 20.9. The van der Waals surface area contributed by atoms with Crippen LogP contribution in [0.25, 0.3) is 22.4 Å². The van der Waals surface area contributed by atoms with Gasteiger partial charge in [0, 0.05) is 28.5 Å². The number of halogens is 5. The van der Waals surface area contributed by atoms with Gasteiger partial charge < -0.3 is 15.2 Å². The van der Waals surface area contributed by atoms with Gasteiger partial charge in [0.15, 0.2) is 5.69 Å². The lowest BCUT2D eigenvalue weighted by atomic mass is 9.77. The highest BCUT2D eigenvalue weighted by Gasteiger charge is 2.46. The van der Waals surface area contributed by atoms with Crippen molar-refractivity contribution in [2.75, 3.05) is 0 Å². The Labute approximate surface area is 173 Å². The van der Waals surface area contributed by atoms with Crippen LogP contribution in [0.2, 0.25) is 5.02 Å². The first-order chi connectivity index (χ1) is 14.0. The number of aromatic amines is 1. The number of aliphatic hydroxyl groups is 2. The van der Waals surface area contributed by atoms with Gasteiger partial charge in [0.1, 0.15) is 5.82 Å². The van der Waals surface area contributed by atoms with Crippen molar-refractivity contribution in [2.45, 2.75) is 44.2 Å². The average molecular weight is 444 g/mol. The largest absolute Gasteiger partial charge is 0.433 e. The molecule has 5 nitrogen and oxygen atoms in total. The van der Waals surface area contributed by atoms with Crippen LogP contribution in [0.3, 0.4) is 0 Å². The molecule has 0 aliphatic heterocycles. The van der Waals surface area contributed by atoms with Crippen LogP contribution in [-0.4, -0.2) is 30.6 Å². The molecule has 30 heavy (non-hydrogen) atoms. The molecule has 0 radical (unpaired) electrons. The standard InChI is InChI=1S/C20H18ClF4N3O2/c1-19(30)5-10(6-19)28-18(20(23,24)25)12(8-27-28)17-13(9-29)11(7-26-17)16-14(21)3-2-4-15(16)22/h2-4,7-8,10,26,29-30H,5-6,9H2,1H3. The number of nitrogens with one attached hydrogen (secondary N) is 1. The molecule has 0 atom stereocenters. The summed E-state index contributed by atoms with van der Waals surface area (Å²) in [4.78, 5) is 2.72. The van der Waals surface area contributed by atoms with Crippen LogP contribution in [0.5, 0.6) is 0 Å². The van der Waals surface area contributed by atoms with E-state index in [4.69, 9.17) is 11.6 Å². The van der Waals surface area contributed by atoms with Crippen molar-refractivity contribution in [3.8, 4) is 22.4 Å². The number of aromatic nitrogens is 3. The Balaban J connectivity index is 1.86. The lowest BCUT2D eigenvalue weighted by molar-refractivity contribution is -0.148. The number of nitrogens with zero attached hydrogens (tertiary/aromatic N) is 2. The maximum atomic E-state index is 14.4. The minimum absolute atomic E-state index is 0.0123. The zero-order valence-corrected chi connectivity index (χ0v) is 16.5. The minimum Gasteiger partial charge on any atom is -0.392 e. The summed E-state index contributed by atoms with van der Waals surface area (Å²) < 4.78 is 57.1. The molecule has 1 aliphatic rings. The molecular formula is C20H18ClF4N3O2. The quantitative estimate of drug-likeness (QED) is 0.500. The van der Waals surface area contributed by atoms with Crippen LogP contribution in [0.4, 0.5) is 17.6 Å². The number of alkyl halides is 3. The van der Waals surface area contributed by atoms with Crippen LogP contribution in [0.1, 0.15) is 37.1 Å². The first-order valence-corrected chi connectivity index (χ1v) is 9.54. The third kappa shape index (κ3) is 3.40. The van der Waals surface area contributed by atoms with E-state index in [2.05, 4.69) is 10.1 Å². The zero-order valence-electron chi connectivity index (χ0n) is 15.8. The van der Waals surface area contributed by atoms with Crippen LogP contribution < -0.4 is 0 Å². The topological polar surface area (TPSA) is 74.1 Å². The summed E-state index contributed by atoms with van der Waals surface area (Å²) in [6.45, 7) is 0.917. The van der Waals surface area contributed by atoms with Gasteiger partial charge >= 0.3 is 6.18 Å². The summed E-state index contributed by atoms with van der Waals surface area (Å²) in [5.74, 6) is -0.661. The summed E-state index contributed by atoms with van der Waals surface area (Å²) in [5.41, 5.74) is -2.08. The summed E-state index contributed by atoms with van der Waals surface area (Å²) in [5, 5.41) is 23.8. The van der Waals surface area contributed by atoms with E-state index < -0.39 is 35.9 Å². The SMILES string of the molecule is CC1(O)CC(n2ncc(-c3[nH]cc(-c4c(F)cccc4Cl)c3CO)c2C(F)(F)F)C1. The predicted molar refractivity (Wildman–Crippen MR) is 102 cm³/mol. The lowest BCUT2D eigenvalue weighted by Gasteiger charge is -2.41. The number of benzene rings is 1. The Morgan fingerprint density at radius 1 is 1.30 bits per heavy atom. The summed E-state index contributed by atoms with van der Waals surface area (Å²) >= 11 is 6.10. The zero-order chi connectivity index (χ0) is 21.8. The lowest BCUT2D eigenvalue weighted by Crippen LogP contribution is -2.43. The molecule has 2 aromatic heterocycles. The van der Waals surface area contributed by atoms with Gasteiger partial charge in [-0.3, -0.25) is 4.68 Å². The number of aliphatic hydroxyl groups excluding tert-OH is 1. The van der Waals surface area contributed by atoms with E-state index in [1.807, 2.05) is 0 Å². The Morgan fingerprint density at radius 3 is 2.57 bits per heavy atom. The van der Waals surface area contributed by atoms with Gasteiger partial charge in [-0.1, -0.05) is 17.7 Å². The van der Waals surface area contributed by atoms with E-state index in [9.17, 15) is 27.8 Å². The second kappa shape index (κ2) is 7.11. The molecule has 1 aromatic carbocycles. The van der Waals surface area contributed by atoms with E-state index in [0.29, 0.717) is 0 Å². The summed E-state index contributed by atoms with van der Waals surface area (Å²) in [7, 11) is 0. The maximum Gasteiger partial charge on any atom is 0.433 e. The van der Waals surface area contributed by atoms with E-state index in [1.165, 1.54) is 24.4 Å². The van der Waals surface area contributed by atoms with E-state index >= 15 is 0 Å². The monoisotopic (exact) mass is 443 g/mol. The molecule has 0 bridgehead atoms. The van der Waals surface area contributed by atoms with Crippen molar-refractivity contribution in [2.24, 2.45) is 0 Å². The molecule has 0 saturated heterocycles. The van der Waals surface area contributed by atoms with Gasteiger partial charge in [0.05, 0.1) is 35.2 Å². The molecule has 1 saturated carbocycles. The maximum absolute atomic E-state index is 14.4. The molecule has 0 unspecified atom stereocenters. The molecule has 10 heteroatoms. The van der Waals surface area contributed by atoms with Crippen molar-refractivity contribution in [1.82, 2.24) is 14.8 Å². The predicted octanol–water partition coefficient (Wildman–Crippen LogP) is 4.93. The molecular weight excluding hydrogens is 426 g/mol. The molecule has 3 N–H and O–H groups in total. The average Bonchev–Trinajstić information content (AvgIpc) is 3.22. The van der Waals surface area contributed by atoms with Crippen LogP contribution in [0, 0.1) is 5.82 Å². The number of hydrogen-bond donors (Lipinski definition) is 3. The summed E-state index contributed by atoms with van der Waals surface area (Å²) in [6, 6.07) is 3.44. The van der Waals surface area contributed by atoms with Crippen molar-refractivity contribution < 1.29 is 27.8 Å². The Morgan fingerprint density at radius 2 is 2.00 bits per heavy atom. The normalized spacial score (nSPS) is 21.7. The van der Waals surface area contributed by atoms with Crippen molar-refractivity contribution in [1.29, 1.82) is 0 Å². The van der Waals surface area contributed by atoms with Crippen molar-refractivity contribution in [3.05, 3.63) is 52.7 Å². The molecule has 3 aromatic rings. The van der Waals surface area contributed by atoms with Gasteiger partial charge in [-0.25, -0.2) is 4.39 Å². The third-order valence-electron chi connectivity index (χ3n) is 5.41. The van der Waals surface area contributed by atoms with E-state index in [1.54, 1.807) is 6.92 Å². The smallest absolute Gasteiger partial charge is 0.392 e. The van der Waals surface area contributed by atoms with Crippen LogP contribution in [0.15, 0.2) is 30.6 Å². The molecule has 160 valence electrons. The van der Waals surface area contributed by atoms with Gasteiger partial charge in [0.2, 0.25) is 0 Å². The Kier molecular flexibility index (Phi) is 4.95. The minimum atomic E-state index is -4.74. The molecule has 0 amide bonds. The third-order valence-corrected chi connectivity index (χ3v) is 5.72. The molecule has 4 rings (SSSR count). The fourth-order valence-corrected chi connectivity index (χ4v) is 4.33. The van der Waals surface area contributed by atoms with E-state index in [-0.39, 0.29) is 45.8 Å². The highest BCUT2D eigenvalue weighted by Crippen LogP contribution is 2.47. The molecule has 2 heterocycles. The number of H-pyrrole nitrogens is 1.